The van der Waals surface area contributed by atoms with Crippen LogP contribution in [0.4, 0.5) is 0 Å². The largest absolute Gasteiger partial charge is 0.508 e. The van der Waals surface area contributed by atoms with Crippen LogP contribution in [0, 0.1) is 0 Å². The highest BCUT2D eigenvalue weighted by Gasteiger charge is 2.34. The predicted molar refractivity (Wildman–Crippen MR) is 133 cm³/mol. The van der Waals surface area contributed by atoms with Gasteiger partial charge in [0.25, 0.3) is 5.91 Å². The summed E-state index contributed by atoms with van der Waals surface area (Å²) in [7, 11) is 1.75. The third-order valence-electron chi connectivity index (χ3n) is 6.79. The summed E-state index contributed by atoms with van der Waals surface area (Å²) in [5.74, 6) is 0.333. The first-order valence-corrected chi connectivity index (χ1v) is 12.1. The summed E-state index contributed by atoms with van der Waals surface area (Å²) in [6, 6.07) is 16.3. The maximum absolute atomic E-state index is 12.8. The Hall–Kier alpha value is -2.41. The Morgan fingerprint density at radius 1 is 1.06 bits per heavy atom. The molecule has 0 spiro atoms. The van der Waals surface area contributed by atoms with Crippen LogP contribution in [-0.4, -0.2) is 84.2 Å². The number of piperazine rings is 1. The van der Waals surface area contributed by atoms with Gasteiger partial charge in [0.05, 0.1) is 12.6 Å². The zero-order valence-corrected chi connectivity index (χ0v) is 20.7. The van der Waals surface area contributed by atoms with Crippen LogP contribution in [0.2, 0.25) is 0 Å². The molecular formula is C27H39N3O3. The Balaban J connectivity index is 1.92. The van der Waals surface area contributed by atoms with Crippen LogP contribution < -0.4 is 0 Å². The quantitative estimate of drug-likeness (QED) is 0.622. The van der Waals surface area contributed by atoms with E-state index in [1.807, 2.05) is 43.0 Å². The number of nitrogens with zero attached hydrogens (tertiary/aromatic N) is 3. The lowest BCUT2D eigenvalue weighted by Gasteiger charge is -2.47. The molecule has 3 rings (SSSR count). The van der Waals surface area contributed by atoms with Crippen molar-refractivity contribution < 1.29 is 14.6 Å². The smallest absolute Gasteiger partial charge is 0.253 e. The molecule has 2 aromatic carbocycles. The number of hydrogen-bond donors (Lipinski definition) is 1. The van der Waals surface area contributed by atoms with E-state index in [0.717, 1.165) is 37.4 Å². The monoisotopic (exact) mass is 453 g/mol. The molecule has 3 atom stereocenters. The first-order valence-electron chi connectivity index (χ1n) is 12.1. The van der Waals surface area contributed by atoms with Gasteiger partial charge in [-0.25, -0.2) is 0 Å². The second-order valence-corrected chi connectivity index (χ2v) is 8.98. The Morgan fingerprint density at radius 3 is 2.36 bits per heavy atom. The first-order chi connectivity index (χ1) is 15.9. The van der Waals surface area contributed by atoms with E-state index >= 15 is 0 Å². The number of rotatable bonds is 9. The average molecular weight is 454 g/mol. The number of methoxy groups -OCH3 is 1. The predicted octanol–water partition coefficient (Wildman–Crippen LogP) is 4.00. The van der Waals surface area contributed by atoms with Crippen molar-refractivity contribution in [3.63, 3.8) is 0 Å². The fraction of sp³-hybridized carbons (Fsp3) is 0.519. The maximum Gasteiger partial charge on any atom is 0.253 e. The van der Waals surface area contributed by atoms with Gasteiger partial charge in [0.1, 0.15) is 5.75 Å². The number of phenolic OH excluding ortho intramolecular Hbond substituents is 1. The van der Waals surface area contributed by atoms with E-state index in [1.54, 1.807) is 13.2 Å². The number of phenols is 1. The summed E-state index contributed by atoms with van der Waals surface area (Å²) in [5.41, 5.74) is 2.89. The normalized spacial score (nSPS) is 20.5. The van der Waals surface area contributed by atoms with Crippen LogP contribution in [0.3, 0.4) is 0 Å². The van der Waals surface area contributed by atoms with E-state index in [4.69, 9.17) is 4.74 Å². The number of aromatic hydroxyl groups is 1. The molecule has 0 aliphatic carbocycles. The van der Waals surface area contributed by atoms with Crippen molar-refractivity contribution >= 4 is 5.91 Å². The minimum absolute atomic E-state index is 0.00303. The van der Waals surface area contributed by atoms with Crippen molar-refractivity contribution in [3.05, 3.63) is 65.2 Å². The van der Waals surface area contributed by atoms with E-state index in [-0.39, 0.29) is 17.7 Å². The summed E-state index contributed by atoms with van der Waals surface area (Å²) in [5, 5.41) is 10.2. The highest BCUT2D eigenvalue weighted by Crippen LogP contribution is 2.34. The zero-order valence-electron chi connectivity index (χ0n) is 20.7. The Morgan fingerprint density at radius 2 is 1.76 bits per heavy atom. The SMILES string of the molecule is CCN(CC)C(=O)c1ccc(C(c2cccc(O)c2)N2CC(C)N(CCOC)CC2C)cc1. The van der Waals surface area contributed by atoms with Gasteiger partial charge in [-0.15, -0.1) is 0 Å². The van der Waals surface area contributed by atoms with Gasteiger partial charge in [0.2, 0.25) is 0 Å². The molecule has 1 heterocycles. The van der Waals surface area contributed by atoms with Gasteiger partial charge in [0, 0.05) is 57.5 Å². The number of amides is 1. The van der Waals surface area contributed by atoms with Crippen molar-refractivity contribution in [1.82, 2.24) is 14.7 Å². The van der Waals surface area contributed by atoms with Crippen molar-refractivity contribution in [2.75, 3.05) is 46.4 Å². The molecule has 6 heteroatoms. The van der Waals surface area contributed by atoms with Gasteiger partial charge < -0.3 is 14.7 Å². The summed E-state index contributed by atoms with van der Waals surface area (Å²) in [4.78, 5) is 19.6. The zero-order chi connectivity index (χ0) is 24.0. The molecule has 3 unspecified atom stereocenters. The van der Waals surface area contributed by atoms with E-state index in [1.165, 1.54) is 0 Å². The maximum atomic E-state index is 12.8. The van der Waals surface area contributed by atoms with Crippen LogP contribution in [0.25, 0.3) is 0 Å². The molecule has 1 aliphatic heterocycles. The molecule has 33 heavy (non-hydrogen) atoms. The fourth-order valence-electron chi connectivity index (χ4n) is 4.88. The van der Waals surface area contributed by atoms with Gasteiger partial charge >= 0.3 is 0 Å². The van der Waals surface area contributed by atoms with E-state index in [2.05, 4.69) is 41.8 Å². The second kappa shape index (κ2) is 11.6. The number of carbonyl (C=O) groups is 1. The van der Waals surface area contributed by atoms with Crippen LogP contribution in [0.15, 0.2) is 48.5 Å². The molecule has 180 valence electrons. The fourth-order valence-corrected chi connectivity index (χ4v) is 4.88. The summed E-state index contributed by atoms with van der Waals surface area (Å²) >= 11 is 0. The van der Waals surface area contributed by atoms with Crippen molar-refractivity contribution in [3.8, 4) is 5.75 Å². The molecule has 1 aliphatic rings. The number of ether oxygens (including phenoxy) is 1. The van der Waals surface area contributed by atoms with Crippen molar-refractivity contribution in [1.29, 1.82) is 0 Å². The summed E-state index contributed by atoms with van der Waals surface area (Å²) in [6.07, 6.45) is 0. The van der Waals surface area contributed by atoms with Crippen LogP contribution in [0.1, 0.15) is 55.2 Å². The minimum Gasteiger partial charge on any atom is -0.508 e. The lowest BCUT2D eigenvalue weighted by molar-refractivity contribution is 0.0116. The third-order valence-corrected chi connectivity index (χ3v) is 6.79. The molecule has 0 saturated carbocycles. The molecular weight excluding hydrogens is 414 g/mol. The lowest BCUT2D eigenvalue weighted by atomic mass is 9.92. The lowest BCUT2D eigenvalue weighted by Crippen LogP contribution is -2.57. The molecule has 1 N–H and O–H groups in total. The molecule has 1 fully saturated rings. The highest BCUT2D eigenvalue weighted by molar-refractivity contribution is 5.94. The van der Waals surface area contributed by atoms with Gasteiger partial charge in [0.15, 0.2) is 0 Å². The van der Waals surface area contributed by atoms with Gasteiger partial charge in [-0.3, -0.25) is 14.6 Å². The van der Waals surface area contributed by atoms with Crippen LogP contribution >= 0.6 is 0 Å². The number of carbonyl (C=O) groups excluding carboxylic acids is 1. The summed E-state index contributed by atoms with van der Waals surface area (Å²) < 4.78 is 5.30. The van der Waals surface area contributed by atoms with Gasteiger partial charge in [-0.1, -0.05) is 24.3 Å². The molecule has 0 bridgehead atoms. The minimum atomic E-state index is -0.00303. The van der Waals surface area contributed by atoms with Gasteiger partial charge in [-0.2, -0.15) is 0 Å². The van der Waals surface area contributed by atoms with Crippen molar-refractivity contribution in [2.24, 2.45) is 0 Å². The molecule has 1 saturated heterocycles. The highest BCUT2D eigenvalue weighted by atomic mass is 16.5. The number of benzene rings is 2. The molecule has 0 aromatic heterocycles. The van der Waals surface area contributed by atoms with Crippen molar-refractivity contribution in [2.45, 2.75) is 45.8 Å². The molecule has 1 amide bonds. The average Bonchev–Trinajstić information content (AvgIpc) is 2.81. The van der Waals surface area contributed by atoms with Gasteiger partial charge in [-0.05, 0) is 63.1 Å². The second-order valence-electron chi connectivity index (χ2n) is 8.98. The van der Waals surface area contributed by atoms with E-state index in [9.17, 15) is 9.90 Å². The van der Waals surface area contributed by atoms with Crippen LogP contribution in [0.5, 0.6) is 5.75 Å². The van der Waals surface area contributed by atoms with Crippen LogP contribution in [-0.2, 0) is 4.74 Å². The Kier molecular flexibility index (Phi) is 8.89. The first kappa shape index (κ1) is 25.2. The summed E-state index contributed by atoms with van der Waals surface area (Å²) in [6.45, 7) is 13.5. The molecule has 6 nitrogen and oxygen atoms in total. The topological polar surface area (TPSA) is 56.3 Å². The van der Waals surface area contributed by atoms with E-state index in [0.29, 0.717) is 30.7 Å². The molecule has 0 radical (unpaired) electrons. The van der Waals surface area contributed by atoms with E-state index < -0.39 is 0 Å². The standard InChI is InChI=1S/C27H39N3O3/c1-6-28(7-2)27(32)23-13-11-22(12-14-23)26(24-9-8-10-25(31)17-24)30-19-20(3)29(15-16-33-5)18-21(30)4/h8-14,17,20-21,26,31H,6-7,15-16,18-19H2,1-5H3. The Bertz CT molecular complexity index is 898. The third kappa shape index (κ3) is 5.94. The number of hydrogen-bond acceptors (Lipinski definition) is 5. The molecule has 2 aromatic rings. The Labute approximate surface area is 198 Å².